The number of nitrogens with one attached hydrogen (secondary N) is 1. The minimum absolute atomic E-state index is 0.0350. The Bertz CT molecular complexity index is 511. The Morgan fingerprint density at radius 2 is 2.10 bits per heavy atom. The second-order valence-corrected chi connectivity index (χ2v) is 4.96. The molecule has 1 amide bonds. The zero-order chi connectivity index (χ0) is 15.5. The fourth-order valence-corrected chi connectivity index (χ4v) is 2.22. The Balaban J connectivity index is 2.16. The Hall–Kier alpha value is -1.60. The van der Waals surface area contributed by atoms with Gasteiger partial charge in [-0.1, -0.05) is 0 Å². The van der Waals surface area contributed by atoms with E-state index in [1.807, 2.05) is 0 Å². The van der Waals surface area contributed by atoms with E-state index < -0.39 is 23.8 Å². The summed E-state index contributed by atoms with van der Waals surface area (Å²) in [5, 5.41) is 2.48. The summed E-state index contributed by atoms with van der Waals surface area (Å²) in [6, 6.07) is 3.32. The number of ether oxygens (including phenoxy) is 1. The molecule has 7 heteroatoms. The first kappa shape index (κ1) is 15.8. The molecule has 1 aromatic rings. The van der Waals surface area contributed by atoms with Crippen LogP contribution in [0.4, 0.5) is 18.9 Å². The van der Waals surface area contributed by atoms with E-state index in [4.69, 9.17) is 10.5 Å². The molecule has 1 aliphatic heterocycles. The summed E-state index contributed by atoms with van der Waals surface area (Å²) in [4.78, 5) is 12.0. The molecule has 21 heavy (non-hydrogen) atoms. The maximum absolute atomic E-state index is 12.8. The number of rotatable bonds is 3. The summed E-state index contributed by atoms with van der Waals surface area (Å²) in [6.07, 6.45) is -2.74. The van der Waals surface area contributed by atoms with Gasteiger partial charge in [0.2, 0.25) is 0 Å². The molecule has 4 nitrogen and oxygen atoms in total. The number of nitrogens with two attached hydrogens (primary N) is 1. The minimum Gasteiger partial charge on any atom is -0.368 e. The van der Waals surface area contributed by atoms with E-state index >= 15 is 0 Å². The van der Waals surface area contributed by atoms with Crippen molar-refractivity contribution in [3.05, 3.63) is 29.3 Å². The van der Waals surface area contributed by atoms with Crippen LogP contribution in [0, 0.1) is 0 Å². The van der Waals surface area contributed by atoms with Crippen LogP contribution >= 0.6 is 0 Å². The topological polar surface area (TPSA) is 64.3 Å². The maximum Gasteiger partial charge on any atom is 0.416 e. The minimum atomic E-state index is -4.48. The van der Waals surface area contributed by atoms with Crippen LogP contribution in [0.15, 0.2) is 18.2 Å². The largest absolute Gasteiger partial charge is 0.416 e. The predicted molar refractivity (Wildman–Crippen MR) is 71.6 cm³/mol. The maximum atomic E-state index is 12.8. The summed E-state index contributed by atoms with van der Waals surface area (Å²) in [6.45, 7) is 0.460. The average Bonchev–Trinajstić information content (AvgIpc) is 2.46. The molecule has 1 atom stereocenters. The van der Waals surface area contributed by atoms with Gasteiger partial charge in [0.25, 0.3) is 5.91 Å². The van der Waals surface area contributed by atoms with Gasteiger partial charge in [-0.05, 0) is 43.0 Å². The number of hydrogen-bond donors (Lipinski definition) is 2. The Kier molecular flexibility index (Phi) is 4.84. The molecule has 0 aliphatic carbocycles. The van der Waals surface area contributed by atoms with Gasteiger partial charge < -0.3 is 15.8 Å². The molecule has 3 N–H and O–H groups in total. The van der Waals surface area contributed by atoms with Gasteiger partial charge in [0.1, 0.15) is 6.10 Å². The normalized spacial score (nSPS) is 19.3. The van der Waals surface area contributed by atoms with Gasteiger partial charge in [-0.15, -0.1) is 0 Å². The second-order valence-electron chi connectivity index (χ2n) is 4.96. The first-order valence-electron chi connectivity index (χ1n) is 6.74. The van der Waals surface area contributed by atoms with Crippen molar-refractivity contribution in [2.24, 2.45) is 5.73 Å². The number of anilines is 1. The standard InChI is InChI=1S/C14H17F3N2O2/c15-14(16,17)10-5-9(8-18)6-11(7-10)19-13(20)12-3-1-2-4-21-12/h5-7,12H,1-4,8,18H2,(H,19,20). The molecular weight excluding hydrogens is 285 g/mol. The molecule has 116 valence electrons. The Morgan fingerprint density at radius 3 is 2.67 bits per heavy atom. The molecular formula is C14H17F3N2O2. The van der Waals surface area contributed by atoms with Gasteiger partial charge in [0, 0.05) is 18.8 Å². The van der Waals surface area contributed by atoms with Crippen LogP contribution in [-0.2, 0) is 22.3 Å². The van der Waals surface area contributed by atoms with Crippen molar-refractivity contribution >= 4 is 11.6 Å². The van der Waals surface area contributed by atoms with Gasteiger partial charge in [0.05, 0.1) is 5.56 Å². The molecule has 0 spiro atoms. The van der Waals surface area contributed by atoms with Gasteiger partial charge >= 0.3 is 6.18 Å². The third kappa shape index (κ3) is 4.18. The zero-order valence-corrected chi connectivity index (χ0v) is 11.4. The summed E-state index contributed by atoms with van der Waals surface area (Å²) in [5.41, 5.74) is 4.97. The molecule has 0 radical (unpaired) electrons. The molecule has 1 aromatic carbocycles. The fourth-order valence-electron chi connectivity index (χ4n) is 2.22. The van der Waals surface area contributed by atoms with E-state index in [9.17, 15) is 18.0 Å². The Morgan fingerprint density at radius 1 is 1.33 bits per heavy atom. The SMILES string of the molecule is NCc1cc(NC(=O)C2CCCCO2)cc(C(F)(F)F)c1. The molecule has 2 rings (SSSR count). The van der Waals surface area contributed by atoms with Crippen molar-refractivity contribution in [2.45, 2.75) is 38.1 Å². The highest BCUT2D eigenvalue weighted by atomic mass is 19.4. The van der Waals surface area contributed by atoms with Gasteiger partial charge in [-0.2, -0.15) is 13.2 Å². The molecule has 1 saturated heterocycles. The highest BCUT2D eigenvalue weighted by Gasteiger charge is 2.31. The van der Waals surface area contributed by atoms with Crippen molar-refractivity contribution in [3.8, 4) is 0 Å². The van der Waals surface area contributed by atoms with Gasteiger partial charge in [-0.25, -0.2) is 0 Å². The van der Waals surface area contributed by atoms with Crippen LogP contribution in [0.3, 0.4) is 0 Å². The number of hydrogen-bond acceptors (Lipinski definition) is 3. The van der Waals surface area contributed by atoms with E-state index in [2.05, 4.69) is 5.32 Å². The quantitative estimate of drug-likeness (QED) is 0.902. The first-order chi connectivity index (χ1) is 9.90. The number of amides is 1. The fraction of sp³-hybridized carbons (Fsp3) is 0.500. The van der Waals surface area contributed by atoms with Crippen LogP contribution in [0.1, 0.15) is 30.4 Å². The molecule has 1 heterocycles. The van der Waals surface area contributed by atoms with Crippen LogP contribution in [-0.4, -0.2) is 18.6 Å². The lowest BCUT2D eigenvalue weighted by Crippen LogP contribution is -2.33. The van der Waals surface area contributed by atoms with Crippen molar-refractivity contribution in [2.75, 3.05) is 11.9 Å². The van der Waals surface area contributed by atoms with Crippen molar-refractivity contribution in [3.63, 3.8) is 0 Å². The van der Waals surface area contributed by atoms with Crippen molar-refractivity contribution in [1.29, 1.82) is 0 Å². The highest BCUT2D eigenvalue weighted by Crippen LogP contribution is 2.32. The van der Waals surface area contributed by atoms with Crippen LogP contribution in [0.5, 0.6) is 0 Å². The van der Waals surface area contributed by atoms with E-state index in [1.54, 1.807) is 0 Å². The van der Waals surface area contributed by atoms with Crippen LogP contribution < -0.4 is 11.1 Å². The lowest BCUT2D eigenvalue weighted by molar-refractivity contribution is -0.137. The number of carbonyl (C=O) groups is 1. The summed E-state index contributed by atoms with van der Waals surface area (Å²) in [5.74, 6) is -0.419. The smallest absolute Gasteiger partial charge is 0.368 e. The lowest BCUT2D eigenvalue weighted by atomic mass is 10.1. The molecule has 0 bridgehead atoms. The van der Waals surface area contributed by atoms with Crippen molar-refractivity contribution < 1.29 is 22.7 Å². The first-order valence-corrected chi connectivity index (χ1v) is 6.74. The second kappa shape index (κ2) is 6.44. The third-order valence-corrected chi connectivity index (χ3v) is 3.30. The predicted octanol–water partition coefficient (Wildman–Crippen LogP) is 2.67. The molecule has 1 unspecified atom stereocenters. The molecule has 1 fully saturated rings. The Labute approximate surface area is 120 Å². The van der Waals surface area contributed by atoms with E-state index in [0.717, 1.165) is 25.0 Å². The van der Waals surface area contributed by atoms with E-state index in [0.29, 0.717) is 18.6 Å². The number of carbonyl (C=O) groups excluding carboxylic acids is 1. The van der Waals surface area contributed by atoms with Crippen molar-refractivity contribution in [1.82, 2.24) is 0 Å². The monoisotopic (exact) mass is 302 g/mol. The average molecular weight is 302 g/mol. The van der Waals surface area contributed by atoms with E-state index in [1.165, 1.54) is 6.07 Å². The van der Waals surface area contributed by atoms with Gasteiger partial charge in [0.15, 0.2) is 0 Å². The highest BCUT2D eigenvalue weighted by molar-refractivity contribution is 5.94. The van der Waals surface area contributed by atoms with Gasteiger partial charge in [-0.3, -0.25) is 4.79 Å². The summed E-state index contributed by atoms with van der Waals surface area (Å²) >= 11 is 0. The zero-order valence-electron chi connectivity index (χ0n) is 11.4. The molecule has 0 saturated carbocycles. The molecule has 1 aliphatic rings. The summed E-state index contributed by atoms with van der Waals surface area (Å²) < 4.78 is 43.7. The summed E-state index contributed by atoms with van der Waals surface area (Å²) in [7, 11) is 0. The molecule has 0 aromatic heterocycles. The number of benzene rings is 1. The number of alkyl halides is 3. The lowest BCUT2D eigenvalue weighted by Gasteiger charge is -2.22. The van der Waals surface area contributed by atoms with E-state index in [-0.39, 0.29) is 12.2 Å². The number of halogens is 3. The van der Waals surface area contributed by atoms with Crippen LogP contribution in [0.25, 0.3) is 0 Å². The van der Waals surface area contributed by atoms with Crippen LogP contribution in [0.2, 0.25) is 0 Å². The third-order valence-electron chi connectivity index (χ3n) is 3.30.